The molecule has 0 aromatic heterocycles. The summed E-state index contributed by atoms with van der Waals surface area (Å²) in [5.74, 6) is 0.570. The average Bonchev–Trinajstić information content (AvgIpc) is 1.98. The normalized spacial score (nSPS) is 12.0. The molecule has 0 saturated carbocycles. The molecule has 56 valence electrons. The lowest BCUT2D eigenvalue weighted by Gasteiger charge is -1.97. The summed E-state index contributed by atoms with van der Waals surface area (Å²) in [5.41, 5.74) is 0. The van der Waals surface area contributed by atoms with Crippen LogP contribution in [0.25, 0.3) is 0 Å². The lowest BCUT2D eigenvalue weighted by atomic mass is 10.7. The van der Waals surface area contributed by atoms with Gasteiger partial charge in [0.05, 0.1) is 0 Å². The first-order valence-corrected chi connectivity index (χ1v) is 3.24. The van der Waals surface area contributed by atoms with Crippen molar-refractivity contribution >= 4 is 12.7 Å². The largest absolute Gasteiger partial charge is 0.355 e. The monoisotopic (exact) mass is 139 g/mol. The van der Waals surface area contributed by atoms with E-state index in [9.17, 15) is 0 Å². The Balaban J connectivity index is 3.90. The fourth-order valence-corrected chi connectivity index (χ4v) is 0.446. The van der Waals surface area contributed by atoms with Gasteiger partial charge in [0, 0.05) is 12.7 Å². The fourth-order valence-electron chi connectivity index (χ4n) is 0.446. The molecule has 0 aromatic rings. The molecule has 0 atom stereocenters. The number of nitrogens with one attached hydrogen (secondary N) is 1. The van der Waals surface area contributed by atoms with Gasteiger partial charge >= 0.3 is 0 Å². The second kappa shape index (κ2) is 6.01. The van der Waals surface area contributed by atoms with Crippen LogP contribution in [0, 0.1) is 0 Å². The molecule has 0 fully saturated rings. The highest BCUT2D eigenvalue weighted by molar-refractivity contribution is 5.84. The van der Waals surface area contributed by atoms with Gasteiger partial charge in [-0.2, -0.15) is 0 Å². The highest BCUT2D eigenvalue weighted by Crippen LogP contribution is 1.77. The van der Waals surface area contributed by atoms with Crippen LogP contribution in [0.4, 0.5) is 0 Å². The summed E-state index contributed by atoms with van der Waals surface area (Å²) in [6.07, 6.45) is 3.51. The topological polar surface area (TPSA) is 36.8 Å². The van der Waals surface area contributed by atoms with Crippen molar-refractivity contribution in [1.82, 2.24) is 5.32 Å². The van der Waals surface area contributed by atoms with Crippen molar-refractivity contribution < 1.29 is 0 Å². The fraction of sp³-hybridized carbons (Fsp3) is 0.429. The molecule has 1 N–H and O–H groups in total. The van der Waals surface area contributed by atoms with Gasteiger partial charge in [-0.05, 0) is 20.6 Å². The van der Waals surface area contributed by atoms with Crippen molar-refractivity contribution in [3.8, 4) is 0 Å². The van der Waals surface area contributed by atoms with Crippen molar-refractivity contribution in [3.05, 3.63) is 12.3 Å². The van der Waals surface area contributed by atoms with E-state index in [1.54, 1.807) is 6.20 Å². The van der Waals surface area contributed by atoms with E-state index in [4.69, 9.17) is 0 Å². The van der Waals surface area contributed by atoms with Gasteiger partial charge < -0.3 is 5.32 Å². The Labute approximate surface area is 61.6 Å². The predicted molar refractivity (Wildman–Crippen MR) is 45.5 cm³/mol. The van der Waals surface area contributed by atoms with Crippen LogP contribution < -0.4 is 5.32 Å². The number of aliphatic imine (C=N–C) groups is 2. The molecule has 3 heteroatoms. The van der Waals surface area contributed by atoms with Crippen molar-refractivity contribution in [2.45, 2.75) is 13.8 Å². The maximum absolute atomic E-state index is 3.95. The molecule has 10 heavy (non-hydrogen) atoms. The molecule has 0 aliphatic heterocycles. The molecular formula is C7H13N3. The molecule has 0 aromatic carbocycles. The van der Waals surface area contributed by atoms with Gasteiger partial charge in [0.1, 0.15) is 0 Å². The molecule has 0 amide bonds. The second-order valence-corrected chi connectivity index (χ2v) is 1.62. The predicted octanol–water partition coefficient (Wildman–Crippen LogP) is 1.19. The Morgan fingerprint density at radius 1 is 1.70 bits per heavy atom. The molecule has 0 aliphatic rings. The van der Waals surface area contributed by atoms with E-state index in [1.807, 2.05) is 19.9 Å². The number of nitrogens with zero attached hydrogens (tertiary/aromatic N) is 2. The van der Waals surface area contributed by atoms with E-state index in [1.165, 1.54) is 0 Å². The van der Waals surface area contributed by atoms with E-state index in [2.05, 4.69) is 22.0 Å². The third kappa shape index (κ3) is 3.83. The quantitative estimate of drug-likeness (QED) is 0.452. The van der Waals surface area contributed by atoms with Crippen molar-refractivity contribution in [1.29, 1.82) is 0 Å². The highest BCUT2D eigenvalue weighted by Gasteiger charge is 1.85. The molecule has 0 unspecified atom stereocenters. The van der Waals surface area contributed by atoms with Gasteiger partial charge in [-0.25, -0.2) is 9.98 Å². The molecule has 0 spiro atoms. The Bertz CT molecular complexity index is 147. The minimum absolute atomic E-state index is 0.570. The summed E-state index contributed by atoms with van der Waals surface area (Å²) in [6.45, 7) is 8.05. The average molecular weight is 139 g/mol. The summed E-state index contributed by atoms with van der Waals surface area (Å²) in [6, 6.07) is 0. The SMILES string of the molecule is C=N/C(=N\C=C/C)NCC. The van der Waals surface area contributed by atoms with Crippen LogP contribution in [0.1, 0.15) is 13.8 Å². The number of hydrogen-bond acceptors (Lipinski definition) is 1. The van der Waals surface area contributed by atoms with E-state index in [-0.39, 0.29) is 0 Å². The first kappa shape index (κ1) is 8.88. The maximum Gasteiger partial charge on any atom is 0.221 e. The zero-order chi connectivity index (χ0) is 7.82. The van der Waals surface area contributed by atoms with E-state index in [0.717, 1.165) is 6.54 Å². The van der Waals surface area contributed by atoms with E-state index < -0.39 is 0 Å². The van der Waals surface area contributed by atoms with E-state index >= 15 is 0 Å². The summed E-state index contributed by atoms with van der Waals surface area (Å²) >= 11 is 0. The lowest BCUT2D eigenvalue weighted by molar-refractivity contribution is 0.954. The zero-order valence-corrected chi connectivity index (χ0v) is 6.46. The third-order valence-corrected chi connectivity index (χ3v) is 0.831. The third-order valence-electron chi connectivity index (χ3n) is 0.831. The summed E-state index contributed by atoms with van der Waals surface area (Å²) in [5, 5.41) is 2.94. The van der Waals surface area contributed by atoms with Gasteiger partial charge in [0.2, 0.25) is 5.96 Å². The van der Waals surface area contributed by atoms with Gasteiger partial charge in [-0.1, -0.05) is 6.08 Å². The molecule has 0 heterocycles. The van der Waals surface area contributed by atoms with Crippen LogP contribution in [0.15, 0.2) is 22.3 Å². The molecule has 3 nitrogen and oxygen atoms in total. The molecule has 0 aliphatic carbocycles. The zero-order valence-electron chi connectivity index (χ0n) is 6.46. The smallest absolute Gasteiger partial charge is 0.221 e. The van der Waals surface area contributed by atoms with Crippen LogP contribution in [-0.2, 0) is 0 Å². The van der Waals surface area contributed by atoms with Crippen LogP contribution in [0.2, 0.25) is 0 Å². The van der Waals surface area contributed by atoms with Crippen molar-refractivity contribution in [2.24, 2.45) is 9.98 Å². The minimum atomic E-state index is 0.570. The van der Waals surface area contributed by atoms with Crippen LogP contribution in [0.5, 0.6) is 0 Å². The summed E-state index contributed by atoms with van der Waals surface area (Å²) in [4.78, 5) is 7.60. The Hall–Kier alpha value is -1.12. The number of guanidine groups is 1. The Morgan fingerprint density at radius 3 is 2.80 bits per heavy atom. The molecule has 0 bridgehead atoms. The lowest BCUT2D eigenvalue weighted by Crippen LogP contribution is -2.19. The van der Waals surface area contributed by atoms with Crippen LogP contribution >= 0.6 is 0 Å². The molecule has 0 saturated heterocycles. The standard InChI is InChI=1S/C7H13N3/c1-4-6-10-7(8-3)9-5-2/h4,6H,3,5H2,1-2H3,(H,9,10)/b6-4-. The molecular weight excluding hydrogens is 126 g/mol. The van der Waals surface area contributed by atoms with Crippen LogP contribution in [-0.4, -0.2) is 19.2 Å². The van der Waals surface area contributed by atoms with Crippen molar-refractivity contribution in [3.63, 3.8) is 0 Å². The Morgan fingerprint density at radius 2 is 2.40 bits per heavy atom. The maximum atomic E-state index is 3.95. The van der Waals surface area contributed by atoms with Gasteiger partial charge in [0.15, 0.2) is 0 Å². The van der Waals surface area contributed by atoms with Gasteiger partial charge in [-0.3, -0.25) is 0 Å². The second-order valence-electron chi connectivity index (χ2n) is 1.62. The first-order chi connectivity index (χ1) is 4.85. The summed E-state index contributed by atoms with van der Waals surface area (Å²) in [7, 11) is 0. The summed E-state index contributed by atoms with van der Waals surface area (Å²) < 4.78 is 0. The van der Waals surface area contributed by atoms with Crippen molar-refractivity contribution in [2.75, 3.05) is 6.54 Å². The van der Waals surface area contributed by atoms with Gasteiger partial charge in [-0.15, -0.1) is 0 Å². The van der Waals surface area contributed by atoms with Gasteiger partial charge in [0.25, 0.3) is 0 Å². The first-order valence-electron chi connectivity index (χ1n) is 3.24. The molecule has 0 radical (unpaired) electrons. The Kier molecular flexibility index (Phi) is 5.33. The number of rotatable bonds is 2. The minimum Gasteiger partial charge on any atom is -0.355 e. The van der Waals surface area contributed by atoms with E-state index in [0.29, 0.717) is 5.96 Å². The number of allylic oxidation sites excluding steroid dienone is 1. The highest BCUT2D eigenvalue weighted by atomic mass is 15.1. The number of hydrogen-bond donors (Lipinski definition) is 1. The molecule has 0 rings (SSSR count). The van der Waals surface area contributed by atoms with Crippen LogP contribution in [0.3, 0.4) is 0 Å².